The Balaban J connectivity index is 1.72. The molecule has 2 atom stereocenters. The summed E-state index contributed by atoms with van der Waals surface area (Å²) in [5, 5.41) is 1.10. The summed E-state index contributed by atoms with van der Waals surface area (Å²) < 4.78 is 6.18. The van der Waals surface area contributed by atoms with Crippen molar-refractivity contribution in [2.24, 2.45) is 0 Å². The van der Waals surface area contributed by atoms with Gasteiger partial charge in [-0.3, -0.25) is 9.59 Å². The predicted octanol–water partition coefficient (Wildman–Crippen LogP) is 3.61. The Bertz CT molecular complexity index is 1170. The smallest absolute Gasteiger partial charge is 0.255 e. The van der Waals surface area contributed by atoms with Crippen LogP contribution in [-0.4, -0.2) is 59.9 Å². The largest absolute Gasteiger partial charge is 0.383 e. The Morgan fingerprint density at radius 1 is 1.16 bits per heavy atom. The first-order valence-electron chi connectivity index (χ1n) is 10.4. The van der Waals surface area contributed by atoms with Crippen LogP contribution in [0.25, 0.3) is 10.9 Å². The third-order valence-corrected chi connectivity index (χ3v) is 7.18. The fraction of sp³-hybridized carbons (Fsp3) is 0.333. The maximum Gasteiger partial charge on any atom is 0.255 e. The Hall–Kier alpha value is -2.64. The number of amides is 2. The molecule has 1 N–H and O–H groups in total. The number of halogens is 1. The minimum absolute atomic E-state index is 0.0189. The number of methoxy groups -OCH3 is 1. The van der Waals surface area contributed by atoms with Crippen LogP contribution in [0.3, 0.4) is 0 Å². The number of benzene rings is 2. The van der Waals surface area contributed by atoms with Crippen LogP contribution in [0.4, 0.5) is 0 Å². The van der Waals surface area contributed by atoms with Crippen LogP contribution in [0.2, 0.25) is 0 Å². The monoisotopic (exact) mass is 481 g/mol. The van der Waals surface area contributed by atoms with E-state index in [9.17, 15) is 9.59 Å². The van der Waals surface area contributed by atoms with Gasteiger partial charge in [-0.05, 0) is 36.2 Å². The van der Waals surface area contributed by atoms with Crippen molar-refractivity contribution in [2.45, 2.75) is 18.4 Å². The molecule has 2 aromatic carbocycles. The van der Waals surface area contributed by atoms with E-state index in [1.54, 1.807) is 16.9 Å². The van der Waals surface area contributed by atoms with Gasteiger partial charge in [0.05, 0.1) is 18.8 Å². The zero-order chi connectivity index (χ0) is 21.8. The second kappa shape index (κ2) is 7.50. The quantitative estimate of drug-likeness (QED) is 0.618. The van der Waals surface area contributed by atoms with Gasteiger partial charge in [0.15, 0.2) is 5.54 Å². The Kier molecular flexibility index (Phi) is 4.90. The normalized spacial score (nSPS) is 23.3. The van der Waals surface area contributed by atoms with E-state index in [2.05, 4.69) is 39.1 Å². The van der Waals surface area contributed by atoms with Crippen molar-refractivity contribution < 1.29 is 14.3 Å². The molecule has 2 aliphatic rings. The molecule has 160 valence electrons. The number of carbonyl (C=O) groups is 2. The van der Waals surface area contributed by atoms with Crippen molar-refractivity contribution in [1.82, 2.24) is 14.8 Å². The van der Waals surface area contributed by atoms with Crippen LogP contribution in [0.15, 0.2) is 53.0 Å². The number of carbonyl (C=O) groups excluding carboxylic acids is 2. The molecule has 2 amide bonds. The van der Waals surface area contributed by atoms with Gasteiger partial charge >= 0.3 is 0 Å². The van der Waals surface area contributed by atoms with E-state index in [4.69, 9.17) is 4.74 Å². The Morgan fingerprint density at radius 3 is 2.65 bits per heavy atom. The zero-order valence-electron chi connectivity index (χ0n) is 17.5. The SMILES string of the molecule is COCCN1CC(=O)N2CC(c3ccc(Br)cc3)c3c([nH]c4ccccc34)C2(C)C1=O. The van der Waals surface area contributed by atoms with Crippen molar-refractivity contribution >= 4 is 38.6 Å². The maximum absolute atomic E-state index is 13.7. The van der Waals surface area contributed by atoms with Gasteiger partial charge in [0, 0.05) is 41.5 Å². The molecule has 1 aromatic heterocycles. The molecule has 1 fully saturated rings. The maximum atomic E-state index is 13.7. The highest BCUT2D eigenvalue weighted by Crippen LogP contribution is 2.48. The van der Waals surface area contributed by atoms with Gasteiger partial charge in [0.1, 0.15) is 0 Å². The van der Waals surface area contributed by atoms with Crippen LogP contribution >= 0.6 is 15.9 Å². The highest BCUT2D eigenvalue weighted by molar-refractivity contribution is 9.10. The second-order valence-corrected chi connectivity index (χ2v) is 9.28. The number of para-hydroxylation sites is 1. The van der Waals surface area contributed by atoms with Gasteiger partial charge in [-0.2, -0.15) is 0 Å². The number of aromatic nitrogens is 1. The molecular formula is C24H24BrN3O3. The van der Waals surface area contributed by atoms with E-state index in [1.807, 2.05) is 37.3 Å². The number of fused-ring (bicyclic) bond motifs is 5. The number of H-pyrrole nitrogens is 1. The molecule has 5 rings (SSSR count). The van der Waals surface area contributed by atoms with Gasteiger partial charge in [-0.25, -0.2) is 0 Å². The fourth-order valence-electron chi connectivity index (χ4n) is 5.05. The summed E-state index contributed by atoms with van der Waals surface area (Å²) in [4.78, 5) is 33.9. The number of nitrogens with zero attached hydrogens (tertiary/aromatic N) is 2. The lowest BCUT2D eigenvalue weighted by atomic mass is 9.76. The first kappa shape index (κ1) is 20.3. The van der Waals surface area contributed by atoms with E-state index in [-0.39, 0.29) is 24.3 Å². The Morgan fingerprint density at radius 2 is 1.90 bits per heavy atom. The molecule has 1 saturated heterocycles. The minimum atomic E-state index is -1.07. The van der Waals surface area contributed by atoms with Crippen LogP contribution < -0.4 is 0 Å². The highest BCUT2D eigenvalue weighted by Gasteiger charge is 2.56. The van der Waals surface area contributed by atoms with E-state index in [0.29, 0.717) is 19.7 Å². The highest BCUT2D eigenvalue weighted by atomic mass is 79.9. The molecule has 2 aliphatic heterocycles. The molecule has 0 radical (unpaired) electrons. The summed E-state index contributed by atoms with van der Waals surface area (Å²) in [6.45, 7) is 3.22. The number of hydrogen-bond donors (Lipinski definition) is 1. The number of hydrogen-bond acceptors (Lipinski definition) is 3. The van der Waals surface area contributed by atoms with Crippen molar-refractivity contribution in [3.8, 4) is 0 Å². The number of nitrogens with one attached hydrogen (secondary N) is 1. The van der Waals surface area contributed by atoms with Crippen LogP contribution in [0.1, 0.15) is 29.7 Å². The average molecular weight is 482 g/mol. The fourth-order valence-corrected chi connectivity index (χ4v) is 5.32. The molecule has 2 unspecified atom stereocenters. The van der Waals surface area contributed by atoms with Gasteiger partial charge < -0.3 is 19.5 Å². The van der Waals surface area contributed by atoms with Gasteiger partial charge in [0.2, 0.25) is 5.91 Å². The van der Waals surface area contributed by atoms with Crippen molar-refractivity contribution in [3.63, 3.8) is 0 Å². The molecule has 0 saturated carbocycles. The Labute approximate surface area is 189 Å². The molecule has 6 nitrogen and oxygen atoms in total. The van der Waals surface area contributed by atoms with E-state index >= 15 is 0 Å². The van der Waals surface area contributed by atoms with Gasteiger partial charge in [0.25, 0.3) is 5.91 Å². The molecule has 0 bridgehead atoms. The van der Waals surface area contributed by atoms with Crippen molar-refractivity contribution in [2.75, 3.05) is 33.4 Å². The number of rotatable bonds is 4. The summed E-state index contributed by atoms with van der Waals surface area (Å²) in [5.74, 6) is -0.120. The lowest BCUT2D eigenvalue weighted by molar-refractivity contribution is -0.166. The summed E-state index contributed by atoms with van der Waals surface area (Å²) in [6.07, 6.45) is 0. The molecule has 0 aliphatic carbocycles. The molecule has 0 spiro atoms. The molecule has 3 heterocycles. The van der Waals surface area contributed by atoms with Crippen molar-refractivity contribution in [1.29, 1.82) is 0 Å². The van der Waals surface area contributed by atoms with Crippen LogP contribution in [0.5, 0.6) is 0 Å². The van der Waals surface area contributed by atoms with Crippen LogP contribution in [0, 0.1) is 0 Å². The minimum Gasteiger partial charge on any atom is -0.383 e. The van der Waals surface area contributed by atoms with Crippen LogP contribution in [-0.2, 0) is 19.9 Å². The predicted molar refractivity (Wildman–Crippen MR) is 122 cm³/mol. The molecule has 7 heteroatoms. The summed E-state index contributed by atoms with van der Waals surface area (Å²) in [6, 6.07) is 16.3. The van der Waals surface area contributed by atoms with Gasteiger partial charge in [-0.1, -0.05) is 46.3 Å². The summed E-state index contributed by atoms with van der Waals surface area (Å²) in [7, 11) is 1.60. The second-order valence-electron chi connectivity index (χ2n) is 8.36. The number of aromatic amines is 1. The van der Waals surface area contributed by atoms with E-state index in [1.165, 1.54) is 0 Å². The summed E-state index contributed by atoms with van der Waals surface area (Å²) in [5.41, 5.74) is 2.95. The van der Waals surface area contributed by atoms with Crippen molar-refractivity contribution in [3.05, 3.63) is 69.8 Å². The first-order chi connectivity index (χ1) is 14.9. The molecule has 3 aromatic rings. The third-order valence-electron chi connectivity index (χ3n) is 6.66. The topological polar surface area (TPSA) is 65.6 Å². The summed E-state index contributed by atoms with van der Waals surface area (Å²) >= 11 is 3.51. The average Bonchev–Trinajstić information content (AvgIpc) is 3.17. The lowest BCUT2D eigenvalue weighted by Gasteiger charge is -2.51. The first-order valence-corrected chi connectivity index (χ1v) is 11.2. The van der Waals surface area contributed by atoms with E-state index < -0.39 is 5.54 Å². The zero-order valence-corrected chi connectivity index (χ0v) is 19.1. The van der Waals surface area contributed by atoms with E-state index in [0.717, 1.165) is 32.2 Å². The number of ether oxygens (including phenoxy) is 1. The standard InChI is InChI=1S/C24H24BrN3O3/c1-24-22-21(17-5-3-4-6-19(17)26-22)18(15-7-9-16(25)10-8-15)13-28(24)20(29)14-27(23(24)30)11-12-31-2/h3-10,18,26H,11-14H2,1-2H3. The molecule has 31 heavy (non-hydrogen) atoms. The lowest BCUT2D eigenvalue weighted by Crippen LogP contribution is -2.67. The molecular weight excluding hydrogens is 458 g/mol. The number of piperazine rings is 1. The third kappa shape index (κ3) is 3.02. The van der Waals surface area contributed by atoms with Gasteiger partial charge in [-0.15, -0.1) is 0 Å².